The van der Waals surface area contributed by atoms with Crippen LogP contribution < -0.4 is 0 Å². The molecular formula is C19H28O2. The molecule has 116 valence electrons. The number of carbonyl (C=O) groups is 1. The SMILES string of the molecule is C[C@@]12CCC[C@H]1[C@@H]1C(=O)C=C3CCCC(O)[C@]3(C)[C@H]1CC2. The van der Waals surface area contributed by atoms with Crippen molar-refractivity contribution in [3.8, 4) is 0 Å². The maximum atomic E-state index is 12.9. The zero-order chi connectivity index (χ0) is 14.8. The molecule has 3 fully saturated rings. The first-order chi connectivity index (χ1) is 9.97. The minimum atomic E-state index is -0.246. The first-order valence-electron chi connectivity index (χ1n) is 8.90. The van der Waals surface area contributed by atoms with Gasteiger partial charge in [0.1, 0.15) is 0 Å². The quantitative estimate of drug-likeness (QED) is 0.734. The van der Waals surface area contributed by atoms with Gasteiger partial charge in [0.05, 0.1) is 6.10 Å². The molecule has 0 aliphatic heterocycles. The van der Waals surface area contributed by atoms with Crippen molar-refractivity contribution in [2.24, 2.45) is 28.6 Å². The molecule has 4 rings (SSSR count). The Labute approximate surface area is 128 Å². The van der Waals surface area contributed by atoms with Gasteiger partial charge in [0.25, 0.3) is 0 Å². The van der Waals surface area contributed by atoms with Crippen molar-refractivity contribution in [3.63, 3.8) is 0 Å². The lowest BCUT2D eigenvalue weighted by molar-refractivity contribution is -0.138. The summed E-state index contributed by atoms with van der Waals surface area (Å²) in [6.45, 7) is 4.66. The third-order valence-corrected chi connectivity index (χ3v) is 7.77. The zero-order valence-electron chi connectivity index (χ0n) is 13.4. The van der Waals surface area contributed by atoms with Gasteiger partial charge in [-0.1, -0.05) is 25.8 Å². The van der Waals surface area contributed by atoms with Crippen LogP contribution in [-0.4, -0.2) is 17.0 Å². The van der Waals surface area contributed by atoms with Crippen molar-refractivity contribution in [1.82, 2.24) is 0 Å². The van der Waals surface area contributed by atoms with Crippen LogP contribution in [0.25, 0.3) is 0 Å². The largest absolute Gasteiger partial charge is 0.392 e. The maximum absolute atomic E-state index is 12.9. The van der Waals surface area contributed by atoms with E-state index in [1.165, 1.54) is 31.3 Å². The zero-order valence-corrected chi connectivity index (χ0v) is 13.4. The Morgan fingerprint density at radius 1 is 1.10 bits per heavy atom. The highest BCUT2D eigenvalue weighted by Crippen LogP contribution is 2.63. The van der Waals surface area contributed by atoms with Crippen LogP contribution in [0, 0.1) is 28.6 Å². The van der Waals surface area contributed by atoms with Gasteiger partial charge in [0.2, 0.25) is 0 Å². The van der Waals surface area contributed by atoms with Crippen LogP contribution in [-0.2, 0) is 4.79 Å². The third kappa shape index (κ3) is 1.72. The second-order valence-corrected chi connectivity index (χ2v) is 8.59. The Balaban J connectivity index is 1.79. The monoisotopic (exact) mass is 288 g/mol. The fourth-order valence-electron chi connectivity index (χ4n) is 6.45. The summed E-state index contributed by atoms with van der Waals surface area (Å²) in [4.78, 5) is 12.9. The number of allylic oxidation sites excluding steroid dienone is 1. The van der Waals surface area contributed by atoms with E-state index in [9.17, 15) is 9.90 Å². The van der Waals surface area contributed by atoms with Gasteiger partial charge < -0.3 is 5.11 Å². The predicted molar refractivity (Wildman–Crippen MR) is 82.7 cm³/mol. The third-order valence-electron chi connectivity index (χ3n) is 7.77. The molecule has 0 saturated heterocycles. The van der Waals surface area contributed by atoms with Crippen LogP contribution in [0.2, 0.25) is 0 Å². The summed E-state index contributed by atoms with van der Waals surface area (Å²) in [5, 5.41) is 10.7. The summed E-state index contributed by atoms with van der Waals surface area (Å²) < 4.78 is 0. The molecule has 2 nitrogen and oxygen atoms in total. The van der Waals surface area contributed by atoms with Gasteiger partial charge in [0, 0.05) is 11.3 Å². The first kappa shape index (κ1) is 14.0. The standard InChI is InChI=1S/C19H28O2/c1-18-9-4-6-13(18)17-14(8-10-18)19(2)12(11-15(17)20)5-3-7-16(19)21/h11,13-14,16-17,21H,3-10H2,1-2H3/t13-,14-,16?,17-,18-,19-/m0/s1. The lowest BCUT2D eigenvalue weighted by Crippen LogP contribution is -2.55. The molecule has 0 bridgehead atoms. The number of rotatable bonds is 0. The molecule has 2 heteroatoms. The van der Waals surface area contributed by atoms with Gasteiger partial charge in [-0.25, -0.2) is 0 Å². The van der Waals surface area contributed by atoms with Crippen molar-refractivity contribution in [2.45, 2.75) is 71.3 Å². The number of aliphatic hydroxyl groups is 1. The second kappa shape index (κ2) is 4.44. The Morgan fingerprint density at radius 2 is 1.90 bits per heavy atom. The van der Waals surface area contributed by atoms with Gasteiger partial charge in [-0.3, -0.25) is 4.79 Å². The number of hydrogen-bond acceptors (Lipinski definition) is 2. The first-order valence-corrected chi connectivity index (χ1v) is 8.90. The molecule has 4 aliphatic carbocycles. The molecule has 0 heterocycles. The van der Waals surface area contributed by atoms with Crippen LogP contribution in [0.3, 0.4) is 0 Å². The minimum absolute atomic E-state index is 0.124. The molecule has 0 aromatic rings. The molecule has 0 amide bonds. The predicted octanol–water partition coefficient (Wildman–Crippen LogP) is 3.88. The van der Waals surface area contributed by atoms with Gasteiger partial charge in [-0.2, -0.15) is 0 Å². The van der Waals surface area contributed by atoms with Crippen molar-refractivity contribution in [2.75, 3.05) is 0 Å². The average molecular weight is 288 g/mol. The molecule has 3 saturated carbocycles. The van der Waals surface area contributed by atoms with Crippen LogP contribution in [0.4, 0.5) is 0 Å². The number of hydrogen-bond donors (Lipinski definition) is 1. The molecule has 0 radical (unpaired) electrons. The van der Waals surface area contributed by atoms with Gasteiger partial charge in [-0.15, -0.1) is 0 Å². The Hall–Kier alpha value is -0.630. The van der Waals surface area contributed by atoms with E-state index in [4.69, 9.17) is 0 Å². The lowest BCUT2D eigenvalue weighted by atomic mass is 9.47. The summed E-state index contributed by atoms with van der Waals surface area (Å²) >= 11 is 0. The molecule has 4 aliphatic rings. The van der Waals surface area contributed by atoms with Gasteiger partial charge in [-0.05, 0) is 68.3 Å². The molecule has 6 atom stereocenters. The molecule has 1 N–H and O–H groups in total. The summed E-state index contributed by atoms with van der Waals surface area (Å²) in [6.07, 6.45) is 10.9. The topological polar surface area (TPSA) is 37.3 Å². The highest BCUT2D eigenvalue weighted by Gasteiger charge is 2.59. The van der Waals surface area contributed by atoms with Crippen molar-refractivity contribution in [1.29, 1.82) is 0 Å². The van der Waals surface area contributed by atoms with E-state index in [0.717, 1.165) is 25.7 Å². The maximum Gasteiger partial charge on any atom is 0.159 e. The van der Waals surface area contributed by atoms with E-state index in [0.29, 0.717) is 23.0 Å². The minimum Gasteiger partial charge on any atom is -0.392 e. The van der Waals surface area contributed by atoms with Crippen molar-refractivity contribution < 1.29 is 9.90 Å². The van der Waals surface area contributed by atoms with Crippen LogP contribution in [0.5, 0.6) is 0 Å². The highest BCUT2D eigenvalue weighted by molar-refractivity contribution is 5.94. The molecule has 0 aromatic heterocycles. The van der Waals surface area contributed by atoms with E-state index in [-0.39, 0.29) is 17.4 Å². The normalized spacial score (nSPS) is 52.7. The molecule has 21 heavy (non-hydrogen) atoms. The fourth-order valence-corrected chi connectivity index (χ4v) is 6.45. The average Bonchev–Trinajstić information content (AvgIpc) is 2.83. The van der Waals surface area contributed by atoms with Gasteiger partial charge in [0.15, 0.2) is 5.78 Å². The molecule has 1 unspecified atom stereocenters. The summed E-state index contributed by atoms with van der Waals surface area (Å²) in [5.41, 5.74) is 1.52. The van der Waals surface area contributed by atoms with Crippen molar-refractivity contribution >= 4 is 5.78 Å². The lowest BCUT2D eigenvalue weighted by Gasteiger charge is -2.57. The fraction of sp³-hybridized carbons (Fsp3) is 0.842. The number of aliphatic hydroxyl groups excluding tert-OH is 1. The Morgan fingerprint density at radius 3 is 2.71 bits per heavy atom. The van der Waals surface area contributed by atoms with E-state index in [2.05, 4.69) is 13.8 Å². The van der Waals surface area contributed by atoms with Gasteiger partial charge >= 0.3 is 0 Å². The Kier molecular flexibility index (Phi) is 2.96. The highest BCUT2D eigenvalue weighted by atomic mass is 16.3. The smallest absolute Gasteiger partial charge is 0.159 e. The Bertz CT molecular complexity index is 508. The summed E-state index contributed by atoms with van der Waals surface area (Å²) in [7, 11) is 0. The van der Waals surface area contributed by atoms with Crippen LogP contribution in [0.15, 0.2) is 11.6 Å². The molecular weight excluding hydrogens is 260 g/mol. The number of ketones is 1. The van der Waals surface area contributed by atoms with E-state index >= 15 is 0 Å². The molecule has 0 spiro atoms. The number of carbonyl (C=O) groups excluding carboxylic acids is 1. The summed E-state index contributed by atoms with van der Waals surface area (Å²) in [6, 6.07) is 0. The van der Waals surface area contributed by atoms with E-state index in [1.807, 2.05) is 6.08 Å². The number of fused-ring (bicyclic) bond motifs is 5. The van der Waals surface area contributed by atoms with E-state index in [1.54, 1.807) is 0 Å². The van der Waals surface area contributed by atoms with Crippen LogP contribution >= 0.6 is 0 Å². The van der Waals surface area contributed by atoms with Crippen LogP contribution in [0.1, 0.15) is 65.2 Å². The second-order valence-electron chi connectivity index (χ2n) is 8.59. The van der Waals surface area contributed by atoms with E-state index < -0.39 is 0 Å². The molecule has 0 aromatic carbocycles. The van der Waals surface area contributed by atoms with Crippen molar-refractivity contribution in [3.05, 3.63) is 11.6 Å². The summed E-state index contributed by atoms with van der Waals surface area (Å²) in [5.74, 6) is 1.52.